The highest BCUT2D eigenvalue weighted by Crippen LogP contribution is 2.28. The summed E-state index contributed by atoms with van der Waals surface area (Å²) in [5, 5.41) is 0.557. The van der Waals surface area contributed by atoms with Crippen LogP contribution in [0.2, 0.25) is 0 Å². The number of hydrogen-bond donors (Lipinski definition) is 0. The van der Waals surface area contributed by atoms with Crippen molar-refractivity contribution in [3.8, 4) is 40.1 Å². The number of ether oxygens (including phenoxy) is 3. The quantitative estimate of drug-likeness (QED) is 0.324. The maximum atomic E-state index is 13.5. The molecule has 0 atom stereocenters. The minimum atomic E-state index is -0.135. The molecule has 0 fully saturated rings. The summed E-state index contributed by atoms with van der Waals surface area (Å²) in [7, 11) is 3.24. The Morgan fingerprint density at radius 3 is 1.79 bits per heavy atom. The van der Waals surface area contributed by atoms with Gasteiger partial charge in [-0.05, 0) is 84.9 Å². The van der Waals surface area contributed by atoms with Crippen LogP contribution in [0.15, 0.2) is 102 Å². The first-order chi connectivity index (χ1) is 16.7. The summed E-state index contributed by atoms with van der Waals surface area (Å²) >= 11 is 0. The Labute approximate surface area is 196 Å². The van der Waals surface area contributed by atoms with Gasteiger partial charge in [-0.2, -0.15) is 0 Å². The lowest BCUT2D eigenvalue weighted by Gasteiger charge is -2.15. The molecule has 0 spiro atoms. The van der Waals surface area contributed by atoms with Crippen LogP contribution in [-0.2, 0) is 0 Å². The second kappa shape index (κ2) is 9.11. The predicted molar refractivity (Wildman–Crippen MR) is 132 cm³/mol. The van der Waals surface area contributed by atoms with E-state index in [2.05, 4.69) is 0 Å². The Balaban J connectivity index is 1.57. The van der Waals surface area contributed by atoms with Crippen LogP contribution in [0.1, 0.15) is 0 Å². The second-order valence-corrected chi connectivity index (χ2v) is 7.59. The predicted octanol–water partition coefficient (Wildman–Crippen LogP) is 5.86. The van der Waals surface area contributed by atoms with E-state index in [1.807, 2.05) is 91.0 Å². The molecule has 0 saturated heterocycles. The average Bonchev–Trinajstić information content (AvgIpc) is 2.90. The molecule has 0 aliphatic carbocycles. The minimum absolute atomic E-state index is 0.135. The molecule has 0 radical (unpaired) electrons. The van der Waals surface area contributed by atoms with Gasteiger partial charge in [0, 0.05) is 5.56 Å². The van der Waals surface area contributed by atoms with Gasteiger partial charge >= 0.3 is 0 Å². The van der Waals surface area contributed by atoms with Gasteiger partial charge in [-0.25, -0.2) is 4.98 Å². The summed E-state index contributed by atoms with van der Waals surface area (Å²) in [4.78, 5) is 18.3. The van der Waals surface area contributed by atoms with Crippen LogP contribution >= 0.6 is 0 Å². The van der Waals surface area contributed by atoms with E-state index in [9.17, 15) is 4.79 Å². The number of benzene rings is 4. The number of hydrogen-bond acceptors (Lipinski definition) is 5. The minimum Gasteiger partial charge on any atom is -0.497 e. The molecule has 4 aromatic carbocycles. The zero-order chi connectivity index (χ0) is 23.5. The van der Waals surface area contributed by atoms with E-state index < -0.39 is 0 Å². The second-order valence-electron chi connectivity index (χ2n) is 7.59. The average molecular weight is 450 g/mol. The molecule has 1 aromatic heterocycles. The highest BCUT2D eigenvalue weighted by molar-refractivity contribution is 5.80. The van der Waals surface area contributed by atoms with Crippen molar-refractivity contribution in [1.29, 1.82) is 0 Å². The number of fused-ring (bicyclic) bond motifs is 1. The molecule has 6 heteroatoms. The highest BCUT2D eigenvalue weighted by atomic mass is 16.5. The normalized spacial score (nSPS) is 10.8. The van der Waals surface area contributed by atoms with Gasteiger partial charge in [0.25, 0.3) is 5.56 Å². The van der Waals surface area contributed by atoms with Crippen molar-refractivity contribution in [2.45, 2.75) is 0 Å². The van der Waals surface area contributed by atoms with Crippen LogP contribution in [-0.4, -0.2) is 23.8 Å². The van der Waals surface area contributed by atoms with Crippen molar-refractivity contribution in [2.75, 3.05) is 14.2 Å². The van der Waals surface area contributed by atoms with Crippen LogP contribution in [0, 0.1) is 0 Å². The summed E-state index contributed by atoms with van der Waals surface area (Å²) in [5.74, 6) is 3.40. The fraction of sp³-hybridized carbons (Fsp3) is 0.0714. The van der Waals surface area contributed by atoms with Crippen LogP contribution in [0.4, 0.5) is 0 Å². The summed E-state index contributed by atoms with van der Waals surface area (Å²) in [6.07, 6.45) is 0. The van der Waals surface area contributed by atoms with Gasteiger partial charge < -0.3 is 14.2 Å². The molecule has 0 amide bonds. The van der Waals surface area contributed by atoms with Crippen molar-refractivity contribution < 1.29 is 14.2 Å². The first kappa shape index (κ1) is 21.3. The molecule has 6 nitrogen and oxygen atoms in total. The van der Waals surface area contributed by atoms with Crippen molar-refractivity contribution in [1.82, 2.24) is 9.55 Å². The van der Waals surface area contributed by atoms with E-state index in [0.717, 1.165) is 11.3 Å². The monoisotopic (exact) mass is 450 g/mol. The SMILES string of the molecule is COc1ccc(Oc2ccc(-c3nc4ccccc4c(=O)n3-c3ccc(OC)cc3)cc2)cc1. The van der Waals surface area contributed by atoms with Crippen LogP contribution < -0.4 is 19.8 Å². The lowest BCUT2D eigenvalue weighted by Crippen LogP contribution is -2.21. The van der Waals surface area contributed by atoms with Gasteiger partial charge in [0.1, 0.15) is 28.8 Å². The zero-order valence-electron chi connectivity index (χ0n) is 18.8. The van der Waals surface area contributed by atoms with Gasteiger partial charge in [-0.15, -0.1) is 0 Å². The van der Waals surface area contributed by atoms with Crippen LogP contribution in [0.5, 0.6) is 23.0 Å². The lowest BCUT2D eigenvalue weighted by atomic mass is 10.1. The standard InChI is InChI=1S/C28H22N2O4/c1-32-21-13-9-20(10-14-21)30-27(29-26-6-4-3-5-25(26)28(30)31)19-7-11-23(12-8-19)34-24-17-15-22(33-2)16-18-24/h3-18H,1-2H3. The maximum Gasteiger partial charge on any atom is 0.266 e. The Morgan fingerprint density at radius 1 is 0.647 bits per heavy atom. The fourth-order valence-corrected chi connectivity index (χ4v) is 3.75. The number of methoxy groups -OCH3 is 2. The van der Waals surface area contributed by atoms with Crippen molar-refractivity contribution in [3.05, 3.63) is 107 Å². The number of nitrogens with zero attached hydrogens (tertiary/aromatic N) is 2. The zero-order valence-corrected chi connectivity index (χ0v) is 18.8. The van der Waals surface area contributed by atoms with E-state index >= 15 is 0 Å². The molecule has 0 aliphatic rings. The molecule has 5 rings (SSSR count). The van der Waals surface area contributed by atoms with E-state index in [1.165, 1.54) is 0 Å². The van der Waals surface area contributed by atoms with Gasteiger partial charge in [0.05, 0.1) is 30.8 Å². The molecule has 0 bridgehead atoms. The molecule has 0 N–H and O–H groups in total. The Hall–Kier alpha value is -4.58. The third-order valence-electron chi connectivity index (χ3n) is 5.51. The Bertz CT molecular complexity index is 1490. The fourth-order valence-electron chi connectivity index (χ4n) is 3.75. The number of para-hydroxylation sites is 1. The van der Waals surface area contributed by atoms with E-state index in [4.69, 9.17) is 19.2 Å². The van der Waals surface area contributed by atoms with Crippen LogP contribution in [0.3, 0.4) is 0 Å². The molecule has 0 aliphatic heterocycles. The first-order valence-electron chi connectivity index (χ1n) is 10.7. The Morgan fingerprint density at radius 2 is 1.18 bits per heavy atom. The van der Waals surface area contributed by atoms with Crippen LogP contribution in [0.25, 0.3) is 28.0 Å². The summed E-state index contributed by atoms with van der Waals surface area (Å²) in [5.41, 5.74) is 2.01. The summed E-state index contributed by atoms with van der Waals surface area (Å²) in [6, 6.07) is 29.6. The molecule has 1 heterocycles. The third-order valence-corrected chi connectivity index (χ3v) is 5.51. The summed E-state index contributed by atoms with van der Waals surface area (Å²) in [6.45, 7) is 0. The topological polar surface area (TPSA) is 62.6 Å². The van der Waals surface area contributed by atoms with Gasteiger partial charge in [0.15, 0.2) is 0 Å². The van der Waals surface area contributed by atoms with Crippen molar-refractivity contribution >= 4 is 10.9 Å². The molecular weight excluding hydrogens is 428 g/mol. The van der Waals surface area contributed by atoms with E-state index in [1.54, 1.807) is 24.9 Å². The first-order valence-corrected chi connectivity index (χ1v) is 10.7. The van der Waals surface area contributed by atoms with E-state index in [-0.39, 0.29) is 5.56 Å². The molecule has 5 aromatic rings. The largest absolute Gasteiger partial charge is 0.497 e. The maximum absolute atomic E-state index is 13.5. The molecular formula is C28H22N2O4. The molecule has 0 unspecified atom stereocenters. The van der Waals surface area contributed by atoms with E-state index in [0.29, 0.717) is 39.7 Å². The van der Waals surface area contributed by atoms with Gasteiger partial charge in [-0.3, -0.25) is 9.36 Å². The van der Waals surface area contributed by atoms with Gasteiger partial charge in [0.2, 0.25) is 0 Å². The Kier molecular flexibility index (Phi) is 5.70. The van der Waals surface area contributed by atoms with Crippen molar-refractivity contribution in [2.24, 2.45) is 0 Å². The highest BCUT2D eigenvalue weighted by Gasteiger charge is 2.15. The molecule has 0 saturated carbocycles. The number of rotatable bonds is 6. The number of aromatic nitrogens is 2. The summed E-state index contributed by atoms with van der Waals surface area (Å²) < 4.78 is 18.0. The van der Waals surface area contributed by atoms with Gasteiger partial charge in [-0.1, -0.05) is 12.1 Å². The smallest absolute Gasteiger partial charge is 0.266 e. The lowest BCUT2D eigenvalue weighted by molar-refractivity contribution is 0.413. The third kappa shape index (κ3) is 4.09. The van der Waals surface area contributed by atoms with Crippen molar-refractivity contribution in [3.63, 3.8) is 0 Å². The molecule has 168 valence electrons. The molecule has 34 heavy (non-hydrogen) atoms.